The summed E-state index contributed by atoms with van der Waals surface area (Å²) in [6, 6.07) is 14.5. The molecule has 0 saturated carbocycles. The first-order valence-corrected chi connectivity index (χ1v) is 9.92. The number of esters is 1. The summed E-state index contributed by atoms with van der Waals surface area (Å²) in [6.07, 6.45) is 3.57. The molecular formula is C24H27N3O4. The molecule has 2 aromatic carbocycles. The van der Waals surface area contributed by atoms with E-state index in [1.54, 1.807) is 37.5 Å². The second kappa shape index (κ2) is 9.95. The van der Waals surface area contributed by atoms with Crippen LogP contribution in [0.3, 0.4) is 0 Å². The maximum Gasteiger partial charge on any atom is 0.354 e. The molecule has 0 saturated heterocycles. The van der Waals surface area contributed by atoms with Crippen LogP contribution in [-0.4, -0.2) is 55.7 Å². The number of likely N-dealkylation sites (N-methyl/N-ethyl adjacent to an activating group) is 1. The van der Waals surface area contributed by atoms with E-state index in [4.69, 9.17) is 9.47 Å². The molecule has 0 spiro atoms. The third kappa shape index (κ3) is 5.52. The van der Waals surface area contributed by atoms with Crippen molar-refractivity contribution >= 4 is 28.9 Å². The zero-order valence-corrected chi connectivity index (χ0v) is 18.2. The molecule has 31 heavy (non-hydrogen) atoms. The average molecular weight is 421 g/mol. The molecule has 3 aromatic rings. The second-order valence-corrected chi connectivity index (χ2v) is 7.39. The van der Waals surface area contributed by atoms with E-state index in [2.05, 4.69) is 5.32 Å². The summed E-state index contributed by atoms with van der Waals surface area (Å²) >= 11 is 0. The predicted molar refractivity (Wildman–Crippen MR) is 121 cm³/mol. The molecular weight excluding hydrogens is 394 g/mol. The van der Waals surface area contributed by atoms with Crippen LogP contribution in [-0.2, 0) is 16.6 Å². The number of benzene rings is 2. The first kappa shape index (κ1) is 22.1. The van der Waals surface area contributed by atoms with Gasteiger partial charge in [-0.15, -0.1) is 0 Å². The quantitative estimate of drug-likeness (QED) is 0.447. The number of aryl methyl sites for hydroxylation is 1. The topological polar surface area (TPSA) is 72.8 Å². The lowest BCUT2D eigenvalue weighted by Gasteiger charge is -2.13. The molecule has 0 fully saturated rings. The molecule has 0 bridgehead atoms. The van der Waals surface area contributed by atoms with Crippen molar-refractivity contribution in [3.8, 4) is 5.75 Å². The molecule has 0 unspecified atom stereocenters. The Bertz CT molecular complexity index is 1100. The Kier molecular flexibility index (Phi) is 7.10. The van der Waals surface area contributed by atoms with Gasteiger partial charge in [0.15, 0.2) is 0 Å². The fourth-order valence-electron chi connectivity index (χ4n) is 3.13. The van der Waals surface area contributed by atoms with E-state index in [1.165, 1.54) is 0 Å². The molecule has 0 aliphatic heterocycles. The SMILES string of the molecule is COc1ccc(C(=O)N/C(=C\c2cn(C)c3ccccc23)C(=O)OCCN(C)C)cc1. The molecule has 1 amide bonds. The van der Waals surface area contributed by atoms with E-state index in [0.717, 1.165) is 16.5 Å². The maximum atomic E-state index is 12.8. The van der Waals surface area contributed by atoms with Crippen molar-refractivity contribution in [2.24, 2.45) is 7.05 Å². The Labute approximate surface area is 181 Å². The van der Waals surface area contributed by atoms with E-state index >= 15 is 0 Å². The van der Waals surface area contributed by atoms with Gasteiger partial charge in [0.2, 0.25) is 0 Å². The van der Waals surface area contributed by atoms with Crippen LogP contribution in [0.15, 0.2) is 60.4 Å². The molecule has 162 valence electrons. The van der Waals surface area contributed by atoms with Crippen molar-refractivity contribution in [3.63, 3.8) is 0 Å². The number of hydrogen-bond donors (Lipinski definition) is 1. The fraction of sp³-hybridized carbons (Fsp3) is 0.250. The molecule has 1 N–H and O–H groups in total. The third-order valence-electron chi connectivity index (χ3n) is 4.82. The lowest BCUT2D eigenvalue weighted by molar-refractivity contribution is -0.139. The number of nitrogens with one attached hydrogen (secondary N) is 1. The summed E-state index contributed by atoms with van der Waals surface area (Å²) in [5.41, 5.74) is 2.32. The molecule has 0 radical (unpaired) electrons. The van der Waals surface area contributed by atoms with Crippen LogP contribution in [0, 0.1) is 0 Å². The number of amides is 1. The van der Waals surface area contributed by atoms with Gasteiger partial charge in [-0.2, -0.15) is 0 Å². The second-order valence-electron chi connectivity index (χ2n) is 7.39. The van der Waals surface area contributed by atoms with E-state index in [9.17, 15) is 9.59 Å². The van der Waals surface area contributed by atoms with Gasteiger partial charge >= 0.3 is 5.97 Å². The Morgan fingerprint density at radius 3 is 2.48 bits per heavy atom. The molecule has 0 aliphatic rings. The summed E-state index contributed by atoms with van der Waals surface area (Å²) in [4.78, 5) is 27.5. The van der Waals surface area contributed by atoms with Gasteiger partial charge in [0.25, 0.3) is 5.91 Å². The number of ether oxygens (including phenoxy) is 2. The van der Waals surface area contributed by atoms with Gasteiger partial charge in [0.05, 0.1) is 7.11 Å². The van der Waals surface area contributed by atoms with Crippen molar-refractivity contribution in [1.82, 2.24) is 14.8 Å². The van der Waals surface area contributed by atoms with Gasteiger partial charge < -0.3 is 24.3 Å². The number of aromatic nitrogens is 1. The number of fused-ring (bicyclic) bond motifs is 1. The highest BCUT2D eigenvalue weighted by molar-refractivity contribution is 6.04. The summed E-state index contributed by atoms with van der Waals surface area (Å²) in [7, 11) is 7.28. The zero-order chi connectivity index (χ0) is 22.4. The minimum Gasteiger partial charge on any atom is -0.497 e. The Balaban J connectivity index is 1.90. The van der Waals surface area contributed by atoms with Gasteiger partial charge in [-0.25, -0.2) is 4.79 Å². The van der Waals surface area contributed by atoms with E-state index in [1.807, 2.05) is 61.1 Å². The standard InChI is InChI=1S/C24H27N3O4/c1-26(2)13-14-31-24(29)21(25-23(28)17-9-11-19(30-4)12-10-17)15-18-16-27(3)22-8-6-5-7-20(18)22/h5-12,15-16H,13-14H2,1-4H3,(H,25,28)/b21-15-. The number of hydrogen-bond acceptors (Lipinski definition) is 5. The molecule has 1 heterocycles. The maximum absolute atomic E-state index is 12.8. The number of methoxy groups -OCH3 is 1. The smallest absolute Gasteiger partial charge is 0.354 e. The molecule has 1 aromatic heterocycles. The van der Waals surface area contributed by atoms with Gasteiger partial charge in [-0.3, -0.25) is 4.79 Å². The van der Waals surface area contributed by atoms with E-state index < -0.39 is 11.9 Å². The van der Waals surface area contributed by atoms with Crippen LogP contribution in [0.2, 0.25) is 0 Å². The number of para-hydroxylation sites is 1. The van der Waals surface area contributed by atoms with E-state index in [-0.39, 0.29) is 12.3 Å². The van der Waals surface area contributed by atoms with Crippen LogP contribution in [0.25, 0.3) is 17.0 Å². The van der Waals surface area contributed by atoms with Crippen molar-refractivity contribution in [2.45, 2.75) is 0 Å². The van der Waals surface area contributed by atoms with Crippen LogP contribution in [0.1, 0.15) is 15.9 Å². The van der Waals surface area contributed by atoms with Gasteiger partial charge in [-0.1, -0.05) is 18.2 Å². The molecule has 0 aliphatic carbocycles. The summed E-state index contributed by atoms with van der Waals surface area (Å²) in [5.74, 6) is -0.346. The molecule has 0 atom stereocenters. The largest absolute Gasteiger partial charge is 0.497 e. The number of nitrogens with zero attached hydrogens (tertiary/aromatic N) is 2. The summed E-state index contributed by atoms with van der Waals surface area (Å²) in [5, 5.41) is 3.69. The normalized spacial score (nSPS) is 11.6. The van der Waals surface area contributed by atoms with Crippen LogP contribution in [0.5, 0.6) is 5.75 Å². The molecule has 3 rings (SSSR count). The lowest BCUT2D eigenvalue weighted by atomic mass is 10.1. The van der Waals surface area contributed by atoms with E-state index in [0.29, 0.717) is 17.9 Å². The zero-order valence-electron chi connectivity index (χ0n) is 18.2. The Hall–Kier alpha value is -3.58. The fourth-order valence-corrected chi connectivity index (χ4v) is 3.13. The van der Waals surface area contributed by atoms with Crippen molar-refractivity contribution in [2.75, 3.05) is 34.4 Å². The van der Waals surface area contributed by atoms with Crippen LogP contribution >= 0.6 is 0 Å². The van der Waals surface area contributed by atoms with Gasteiger partial charge in [0, 0.05) is 41.8 Å². The number of carbonyl (C=O) groups is 2. The van der Waals surface area contributed by atoms with Gasteiger partial charge in [0.1, 0.15) is 18.1 Å². The third-order valence-corrected chi connectivity index (χ3v) is 4.82. The highest BCUT2D eigenvalue weighted by atomic mass is 16.5. The van der Waals surface area contributed by atoms with Crippen molar-refractivity contribution < 1.29 is 19.1 Å². The van der Waals surface area contributed by atoms with Crippen molar-refractivity contribution in [3.05, 3.63) is 71.6 Å². The van der Waals surface area contributed by atoms with Gasteiger partial charge in [-0.05, 0) is 50.5 Å². The highest BCUT2D eigenvalue weighted by Gasteiger charge is 2.17. The first-order valence-electron chi connectivity index (χ1n) is 9.92. The number of rotatable bonds is 8. The average Bonchev–Trinajstić information content (AvgIpc) is 3.08. The minimum atomic E-state index is -0.586. The Morgan fingerprint density at radius 1 is 1.10 bits per heavy atom. The van der Waals surface area contributed by atoms with Crippen molar-refractivity contribution in [1.29, 1.82) is 0 Å². The highest BCUT2D eigenvalue weighted by Crippen LogP contribution is 2.22. The molecule has 7 heteroatoms. The summed E-state index contributed by atoms with van der Waals surface area (Å²) < 4.78 is 12.5. The van der Waals surface area contributed by atoms with Crippen LogP contribution < -0.4 is 10.1 Å². The first-order chi connectivity index (χ1) is 14.9. The summed E-state index contributed by atoms with van der Waals surface area (Å²) in [6.45, 7) is 0.802. The lowest BCUT2D eigenvalue weighted by Crippen LogP contribution is -2.30. The predicted octanol–water partition coefficient (Wildman–Crippen LogP) is 3.06. The monoisotopic (exact) mass is 421 g/mol. The van der Waals surface area contributed by atoms with Crippen LogP contribution in [0.4, 0.5) is 0 Å². The number of carbonyl (C=O) groups excluding carboxylic acids is 2. The Morgan fingerprint density at radius 2 is 1.81 bits per heavy atom. The molecule has 7 nitrogen and oxygen atoms in total. The minimum absolute atomic E-state index is 0.0796.